The molecule has 1 saturated heterocycles. The summed E-state index contributed by atoms with van der Waals surface area (Å²) in [4.78, 5) is 31.1. The number of nitrogens with zero attached hydrogens (tertiary/aromatic N) is 3. The van der Waals surface area contributed by atoms with E-state index in [2.05, 4.69) is 10.3 Å². The van der Waals surface area contributed by atoms with E-state index in [1.165, 1.54) is 12.1 Å². The van der Waals surface area contributed by atoms with Crippen LogP contribution in [0.3, 0.4) is 0 Å². The minimum Gasteiger partial charge on any atom is -0.508 e. The monoisotopic (exact) mass is 370 g/mol. The molecule has 1 unspecified atom stereocenters. The molecule has 2 aliphatic rings. The van der Waals surface area contributed by atoms with Crippen LogP contribution in [-0.2, 0) is 21.7 Å². The summed E-state index contributed by atoms with van der Waals surface area (Å²) < 4.78 is 8.21. The van der Waals surface area contributed by atoms with E-state index in [0.717, 1.165) is 5.82 Å². The van der Waals surface area contributed by atoms with Crippen LogP contribution in [0.2, 0.25) is 0 Å². The molecule has 142 valence electrons. The predicted octanol–water partition coefficient (Wildman–Crippen LogP) is 0.865. The standard InChI is InChI=1S/C19H22N4O4/c1-20-16(25)15-12-23-11-8-21-18(23)19(27-15)6-9-22(10-7-19)17(26)13-2-4-14(24)5-3-13/h2-5,8,11,15,24H,6-7,9-10,12H2,1H3,(H,20,25). The normalized spacial score (nSPS) is 20.9. The van der Waals surface area contributed by atoms with Crippen molar-refractivity contribution >= 4 is 11.8 Å². The van der Waals surface area contributed by atoms with Gasteiger partial charge in [0.1, 0.15) is 17.2 Å². The molecule has 3 heterocycles. The predicted molar refractivity (Wildman–Crippen MR) is 96.1 cm³/mol. The van der Waals surface area contributed by atoms with E-state index in [1.54, 1.807) is 30.3 Å². The molecule has 2 aliphatic heterocycles. The molecular formula is C19H22N4O4. The number of aromatic nitrogens is 2. The number of piperidine rings is 1. The summed E-state index contributed by atoms with van der Waals surface area (Å²) in [7, 11) is 1.60. The molecule has 1 fully saturated rings. The van der Waals surface area contributed by atoms with Gasteiger partial charge in [0, 0.05) is 50.9 Å². The fourth-order valence-corrected chi connectivity index (χ4v) is 3.89. The Morgan fingerprint density at radius 2 is 1.96 bits per heavy atom. The van der Waals surface area contributed by atoms with Crippen molar-refractivity contribution in [2.24, 2.45) is 0 Å². The van der Waals surface area contributed by atoms with E-state index < -0.39 is 11.7 Å². The van der Waals surface area contributed by atoms with Gasteiger partial charge in [-0.05, 0) is 24.3 Å². The highest BCUT2D eigenvalue weighted by Crippen LogP contribution is 2.40. The number of likely N-dealkylation sites (N-methyl/N-ethyl adjacent to an activating group) is 1. The molecule has 0 bridgehead atoms. The Labute approximate surface area is 156 Å². The third kappa shape index (κ3) is 3.06. The molecule has 0 saturated carbocycles. The number of nitrogens with one attached hydrogen (secondary N) is 1. The van der Waals surface area contributed by atoms with Crippen LogP contribution in [0.15, 0.2) is 36.7 Å². The Morgan fingerprint density at radius 3 is 2.63 bits per heavy atom. The van der Waals surface area contributed by atoms with Crippen LogP contribution in [0.4, 0.5) is 0 Å². The molecule has 2 amide bonds. The third-order valence-corrected chi connectivity index (χ3v) is 5.36. The lowest BCUT2D eigenvalue weighted by Crippen LogP contribution is -2.54. The zero-order valence-corrected chi connectivity index (χ0v) is 15.1. The van der Waals surface area contributed by atoms with Gasteiger partial charge in [0.05, 0.1) is 6.54 Å². The lowest BCUT2D eigenvalue weighted by atomic mass is 9.88. The fraction of sp³-hybridized carbons (Fsp3) is 0.421. The Morgan fingerprint density at radius 1 is 1.26 bits per heavy atom. The number of hydrogen-bond donors (Lipinski definition) is 2. The van der Waals surface area contributed by atoms with Gasteiger partial charge < -0.3 is 24.6 Å². The second-order valence-corrected chi connectivity index (χ2v) is 6.96. The maximum atomic E-state index is 12.7. The number of imidazole rings is 1. The molecular weight excluding hydrogens is 348 g/mol. The Hall–Kier alpha value is -2.87. The van der Waals surface area contributed by atoms with Crippen molar-refractivity contribution in [3.05, 3.63) is 48.0 Å². The molecule has 0 aliphatic carbocycles. The number of ether oxygens (including phenoxy) is 1. The van der Waals surface area contributed by atoms with Crippen LogP contribution in [0, 0.1) is 0 Å². The highest BCUT2D eigenvalue weighted by atomic mass is 16.5. The number of likely N-dealkylation sites (tertiary alicyclic amines) is 1. The molecule has 0 radical (unpaired) electrons. The second-order valence-electron chi connectivity index (χ2n) is 6.96. The van der Waals surface area contributed by atoms with E-state index in [9.17, 15) is 14.7 Å². The first-order valence-electron chi connectivity index (χ1n) is 9.02. The Balaban J connectivity index is 1.53. The summed E-state index contributed by atoms with van der Waals surface area (Å²) in [5.41, 5.74) is -0.122. The SMILES string of the molecule is CNC(=O)C1Cn2ccnc2C2(CCN(C(=O)c3ccc(O)cc3)CC2)O1. The van der Waals surface area contributed by atoms with Crippen LogP contribution in [0.25, 0.3) is 0 Å². The summed E-state index contributed by atoms with van der Waals surface area (Å²) in [6, 6.07) is 6.25. The maximum absolute atomic E-state index is 12.7. The lowest BCUT2D eigenvalue weighted by molar-refractivity contribution is -0.171. The van der Waals surface area contributed by atoms with Crippen molar-refractivity contribution in [3.8, 4) is 5.75 Å². The van der Waals surface area contributed by atoms with Crippen LogP contribution in [0.5, 0.6) is 5.75 Å². The molecule has 2 aromatic rings. The summed E-state index contributed by atoms with van der Waals surface area (Å²) in [6.45, 7) is 1.45. The van der Waals surface area contributed by atoms with Crippen molar-refractivity contribution in [2.45, 2.75) is 31.1 Å². The Kier molecular flexibility index (Phi) is 4.35. The zero-order chi connectivity index (χ0) is 19.0. The van der Waals surface area contributed by atoms with Gasteiger partial charge in [-0.3, -0.25) is 9.59 Å². The number of fused-ring (bicyclic) bond motifs is 2. The smallest absolute Gasteiger partial charge is 0.253 e. The molecule has 8 heteroatoms. The molecule has 4 rings (SSSR count). The van der Waals surface area contributed by atoms with Gasteiger partial charge in [-0.15, -0.1) is 0 Å². The van der Waals surface area contributed by atoms with Gasteiger partial charge in [0.25, 0.3) is 11.8 Å². The van der Waals surface area contributed by atoms with E-state index in [-0.39, 0.29) is 17.6 Å². The van der Waals surface area contributed by atoms with E-state index in [1.807, 2.05) is 10.8 Å². The van der Waals surface area contributed by atoms with Crippen molar-refractivity contribution < 1.29 is 19.4 Å². The number of aromatic hydroxyl groups is 1. The highest BCUT2D eigenvalue weighted by molar-refractivity contribution is 5.94. The van der Waals surface area contributed by atoms with Gasteiger partial charge in [-0.25, -0.2) is 4.98 Å². The highest BCUT2D eigenvalue weighted by Gasteiger charge is 2.47. The molecule has 27 heavy (non-hydrogen) atoms. The van der Waals surface area contributed by atoms with Gasteiger partial charge in [-0.2, -0.15) is 0 Å². The van der Waals surface area contributed by atoms with Gasteiger partial charge in [-0.1, -0.05) is 0 Å². The summed E-state index contributed by atoms with van der Waals surface area (Å²) in [5, 5.41) is 12.0. The van der Waals surface area contributed by atoms with Crippen molar-refractivity contribution in [3.63, 3.8) is 0 Å². The second kappa shape index (κ2) is 6.70. The Bertz CT molecular complexity index is 853. The summed E-state index contributed by atoms with van der Waals surface area (Å²) >= 11 is 0. The molecule has 1 spiro atoms. The van der Waals surface area contributed by atoms with E-state index in [0.29, 0.717) is 38.0 Å². The van der Waals surface area contributed by atoms with Crippen LogP contribution in [-0.4, -0.2) is 57.6 Å². The quantitative estimate of drug-likeness (QED) is 0.818. The number of benzene rings is 1. The zero-order valence-electron chi connectivity index (χ0n) is 15.1. The molecule has 1 atom stereocenters. The number of rotatable bonds is 2. The summed E-state index contributed by atoms with van der Waals surface area (Å²) in [5.74, 6) is 0.717. The first-order chi connectivity index (χ1) is 13.0. The topological polar surface area (TPSA) is 96.7 Å². The van der Waals surface area contributed by atoms with Gasteiger partial charge in [0.2, 0.25) is 0 Å². The molecule has 8 nitrogen and oxygen atoms in total. The largest absolute Gasteiger partial charge is 0.508 e. The number of amides is 2. The maximum Gasteiger partial charge on any atom is 0.253 e. The molecule has 1 aromatic heterocycles. The molecule has 2 N–H and O–H groups in total. The van der Waals surface area contributed by atoms with Crippen LogP contribution >= 0.6 is 0 Å². The number of hydrogen-bond acceptors (Lipinski definition) is 5. The summed E-state index contributed by atoms with van der Waals surface area (Å²) in [6.07, 6.45) is 4.16. The van der Waals surface area contributed by atoms with Crippen molar-refractivity contribution in [2.75, 3.05) is 20.1 Å². The number of carbonyl (C=O) groups is 2. The van der Waals surface area contributed by atoms with Crippen molar-refractivity contribution in [1.29, 1.82) is 0 Å². The first kappa shape index (κ1) is 17.5. The van der Waals surface area contributed by atoms with Gasteiger partial charge >= 0.3 is 0 Å². The molecule has 1 aromatic carbocycles. The van der Waals surface area contributed by atoms with Crippen LogP contribution in [0.1, 0.15) is 29.0 Å². The minimum atomic E-state index is -0.662. The van der Waals surface area contributed by atoms with E-state index >= 15 is 0 Å². The number of carbonyl (C=O) groups excluding carboxylic acids is 2. The van der Waals surface area contributed by atoms with Crippen molar-refractivity contribution in [1.82, 2.24) is 19.8 Å². The lowest BCUT2D eigenvalue weighted by Gasteiger charge is -2.45. The minimum absolute atomic E-state index is 0.0770. The first-order valence-corrected chi connectivity index (χ1v) is 9.02. The average molecular weight is 370 g/mol. The van der Waals surface area contributed by atoms with Crippen LogP contribution < -0.4 is 5.32 Å². The van der Waals surface area contributed by atoms with E-state index in [4.69, 9.17) is 4.74 Å². The number of phenols is 1. The van der Waals surface area contributed by atoms with Gasteiger partial charge in [0.15, 0.2) is 6.10 Å². The number of phenolic OH excluding ortho intramolecular Hbond substituents is 1. The average Bonchev–Trinajstić information content (AvgIpc) is 3.18. The third-order valence-electron chi connectivity index (χ3n) is 5.36. The fourth-order valence-electron chi connectivity index (χ4n) is 3.89.